The van der Waals surface area contributed by atoms with Gasteiger partial charge in [-0.1, -0.05) is 47.5 Å². The average molecular weight is 433 g/mol. The molecule has 0 atom stereocenters. The second-order valence-electron chi connectivity index (χ2n) is 6.06. The Morgan fingerprint density at radius 1 is 1.15 bits per heavy atom. The van der Waals surface area contributed by atoms with Crippen molar-refractivity contribution in [1.29, 1.82) is 0 Å². The molecule has 1 N–H and O–H groups in total. The fourth-order valence-corrected chi connectivity index (χ4v) is 5.10. The van der Waals surface area contributed by atoms with Crippen molar-refractivity contribution in [2.45, 2.75) is 13.5 Å². The molecular formula is C20H14Cl2N2OS2. The molecule has 7 heteroatoms. The molecule has 136 valence electrons. The summed E-state index contributed by atoms with van der Waals surface area (Å²) < 4.78 is 1.02. The summed E-state index contributed by atoms with van der Waals surface area (Å²) in [5.41, 5.74) is 3.01. The molecule has 0 fully saturated rings. The van der Waals surface area contributed by atoms with Gasteiger partial charge in [0, 0.05) is 26.1 Å². The Labute approximate surface area is 174 Å². The Balaban J connectivity index is 1.48. The Morgan fingerprint density at radius 3 is 2.70 bits per heavy atom. The van der Waals surface area contributed by atoms with Crippen LogP contribution in [-0.4, -0.2) is 10.9 Å². The highest BCUT2D eigenvalue weighted by atomic mass is 35.5. The van der Waals surface area contributed by atoms with E-state index in [4.69, 9.17) is 23.2 Å². The molecule has 2 heterocycles. The summed E-state index contributed by atoms with van der Waals surface area (Å²) in [5.74, 6) is -0.179. The number of fused-ring (bicyclic) bond motifs is 1. The van der Waals surface area contributed by atoms with E-state index >= 15 is 0 Å². The number of thiazole rings is 1. The van der Waals surface area contributed by atoms with E-state index in [1.807, 2.05) is 54.8 Å². The third-order valence-electron chi connectivity index (χ3n) is 4.08. The lowest BCUT2D eigenvalue weighted by Crippen LogP contribution is -2.22. The monoisotopic (exact) mass is 432 g/mol. The Bertz CT molecular complexity index is 1130. The van der Waals surface area contributed by atoms with Gasteiger partial charge in [-0.15, -0.1) is 22.7 Å². The van der Waals surface area contributed by atoms with Crippen LogP contribution in [0.15, 0.2) is 47.8 Å². The van der Waals surface area contributed by atoms with Crippen LogP contribution in [0.5, 0.6) is 0 Å². The normalized spacial score (nSPS) is 11.1. The fourth-order valence-electron chi connectivity index (χ4n) is 2.70. The van der Waals surface area contributed by atoms with Crippen LogP contribution in [-0.2, 0) is 6.54 Å². The molecule has 2 aromatic carbocycles. The summed E-state index contributed by atoms with van der Waals surface area (Å²) >= 11 is 15.3. The molecule has 0 spiro atoms. The van der Waals surface area contributed by atoms with Crippen molar-refractivity contribution in [2.24, 2.45) is 0 Å². The van der Waals surface area contributed by atoms with Crippen molar-refractivity contribution < 1.29 is 4.79 Å². The first-order valence-electron chi connectivity index (χ1n) is 8.18. The van der Waals surface area contributed by atoms with Gasteiger partial charge in [0.05, 0.1) is 17.3 Å². The van der Waals surface area contributed by atoms with E-state index in [0.717, 1.165) is 31.9 Å². The van der Waals surface area contributed by atoms with E-state index in [-0.39, 0.29) is 5.91 Å². The number of carbonyl (C=O) groups is 1. The Hall–Kier alpha value is -1.92. The van der Waals surface area contributed by atoms with Gasteiger partial charge in [-0.2, -0.15) is 0 Å². The van der Waals surface area contributed by atoms with Gasteiger partial charge in [0.15, 0.2) is 0 Å². The van der Waals surface area contributed by atoms with Crippen LogP contribution < -0.4 is 5.32 Å². The Kier molecular flexibility index (Phi) is 5.19. The van der Waals surface area contributed by atoms with Crippen LogP contribution in [0.2, 0.25) is 10.0 Å². The predicted octanol–water partition coefficient (Wildman–Crippen LogP) is 6.57. The van der Waals surface area contributed by atoms with Crippen molar-refractivity contribution in [2.75, 3.05) is 0 Å². The molecule has 27 heavy (non-hydrogen) atoms. The Morgan fingerprint density at radius 2 is 1.93 bits per heavy atom. The molecule has 0 bridgehead atoms. The number of aryl methyl sites for hydroxylation is 1. The highest BCUT2D eigenvalue weighted by Crippen LogP contribution is 2.35. The molecular weight excluding hydrogens is 419 g/mol. The van der Waals surface area contributed by atoms with Crippen molar-refractivity contribution in [3.63, 3.8) is 0 Å². The minimum Gasteiger partial charge on any atom is -0.345 e. The number of rotatable bonds is 4. The molecule has 0 aliphatic rings. The molecule has 0 aliphatic carbocycles. The van der Waals surface area contributed by atoms with Crippen molar-refractivity contribution >= 4 is 61.9 Å². The maximum Gasteiger partial charge on any atom is 0.263 e. The predicted molar refractivity (Wildman–Crippen MR) is 115 cm³/mol. The number of hydrogen-bond donors (Lipinski definition) is 1. The molecule has 2 aromatic heterocycles. The van der Waals surface area contributed by atoms with Crippen LogP contribution in [0.3, 0.4) is 0 Å². The van der Waals surface area contributed by atoms with Crippen LogP contribution in [0.25, 0.3) is 21.3 Å². The van der Waals surface area contributed by atoms with E-state index in [1.165, 1.54) is 22.7 Å². The summed E-state index contributed by atoms with van der Waals surface area (Å²) in [6.07, 6.45) is 0. The third kappa shape index (κ3) is 3.87. The second-order valence-corrected chi connectivity index (χ2v) is 8.87. The highest BCUT2D eigenvalue weighted by molar-refractivity contribution is 7.21. The summed E-state index contributed by atoms with van der Waals surface area (Å²) in [4.78, 5) is 17.7. The first-order valence-corrected chi connectivity index (χ1v) is 10.6. The van der Waals surface area contributed by atoms with Crippen LogP contribution in [0, 0.1) is 6.92 Å². The lowest BCUT2D eigenvalue weighted by Gasteiger charge is -2.01. The number of thiophene rings is 1. The smallest absolute Gasteiger partial charge is 0.263 e. The number of halogens is 2. The van der Waals surface area contributed by atoms with E-state index in [2.05, 4.69) is 10.3 Å². The third-order valence-corrected chi connectivity index (χ3v) is 6.84. The summed E-state index contributed by atoms with van der Waals surface area (Å²) in [5, 5.41) is 7.84. The van der Waals surface area contributed by atoms with Gasteiger partial charge in [0.1, 0.15) is 9.88 Å². The van der Waals surface area contributed by atoms with E-state index in [9.17, 15) is 4.79 Å². The maximum atomic E-state index is 12.6. The first kappa shape index (κ1) is 18.4. The first-order chi connectivity index (χ1) is 13.0. The number of amides is 1. The van der Waals surface area contributed by atoms with Gasteiger partial charge in [0.25, 0.3) is 5.91 Å². The lowest BCUT2D eigenvalue weighted by molar-refractivity contribution is 0.0955. The summed E-state index contributed by atoms with van der Waals surface area (Å²) in [6.45, 7) is 2.38. The number of benzene rings is 2. The second kappa shape index (κ2) is 7.60. The molecule has 3 nitrogen and oxygen atoms in total. The number of aromatic nitrogens is 1. The van der Waals surface area contributed by atoms with Gasteiger partial charge >= 0.3 is 0 Å². The summed E-state index contributed by atoms with van der Waals surface area (Å²) in [6, 6.07) is 13.5. The standard InChI is InChI=1S/C20H14Cl2N2OS2/c1-11-2-7-14-16(8-11)27-19(18(14)22)20(25)23-9-17-24-15(10-26-17)12-3-5-13(21)6-4-12/h2-8,10H,9H2,1H3,(H,23,25). The molecule has 0 saturated heterocycles. The SMILES string of the molecule is Cc1ccc2c(Cl)c(C(=O)NCc3nc(-c4ccc(Cl)cc4)cs3)sc2c1. The van der Waals surface area contributed by atoms with Crippen molar-refractivity contribution in [3.8, 4) is 11.3 Å². The number of nitrogens with zero attached hydrogens (tertiary/aromatic N) is 1. The molecule has 4 aromatic rings. The zero-order valence-corrected chi connectivity index (χ0v) is 17.4. The topological polar surface area (TPSA) is 42.0 Å². The van der Waals surface area contributed by atoms with E-state index < -0.39 is 0 Å². The molecule has 0 unspecified atom stereocenters. The van der Waals surface area contributed by atoms with Crippen LogP contribution >= 0.6 is 45.9 Å². The van der Waals surface area contributed by atoms with Gasteiger partial charge in [0.2, 0.25) is 0 Å². The highest BCUT2D eigenvalue weighted by Gasteiger charge is 2.17. The van der Waals surface area contributed by atoms with Gasteiger partial charge in [-0.05, 0) is 30.7 Å². The molecule has 0 saturated carbocycles. The number of hydrogen-bond acceptors (Lipinski definition) is 4. The quantitative estimate of drug-likeness (QED) is 0.396. The maximum absolute atomic E-state index is 12.6. The zero-order chi connectivity index (χ0) is 19.0. The van der Waals surface area contributed by atoms with E-state index in [0.29, 0.717) is 21.5 Å². The minimum atomic E-state index is -0.179. The van der Waals surface area contributed by atoms with Crippen molar-refractivity contribution in [3.05, 3.63) is 73.3 Å². The number of nitrogens with one attached hydrogen (secondary N) is 1. The lowest BCUT2D eigenvalue weighted by atomic mass is 10.2. The van der Waals surface area contributed by atoms with Crippen LogP contribution in [0.1, 0.15) is 20.2 Å². The molecule has 0 aliphatic heterocycles. The summed E-state index contributed by atoms with van der Waals surface area (Å²) in [7, 11) is 0. The molecule has 4 rings (SSSR count). The van der Waals surface area contributed by atoms with Gasteiger partial charge in [-0.3, -0.25) is 4.79 Å². The fraction of sp³-hybridized carbons (Fsp3) is 0.100. The van der Waals surface area contributed by atoms with E-state index in [1.54, 1.807) is 0 Å². The van der Waals surface area contributed by atoms with Crippen molar-refractivity contribution in [1.82, 2.24) is 10.3 Å². The van der Waals surface area contributed by atoms with Gasteiger partial charge < -0.3 is 5.32 Å². The van der Waals surface area contributed by atoms with Gasteiger partial charge in [-0.25, -0.2) is 4.98 Å². The number of carbonyl (C=O) groups excluding carboxylic acids is 1. The average Bonchev–Trinajstić information content (AvgIpc) is 3.25. The molecule has 0 radical (unpaired) electrons. The minimum absolute atomic E-state index is 0.179. The largest absolute Gasteiger partial charge is 0.345 e. The van der Waals surface area contributed by atoms with Crippen LogP contribution in [0.4, 0.5) is 0 Å². The zero-order valence-electron chi connectivity index (χ0n) is 14.3. The molecule has 1 amide bonds.